The predicted molar refractivity (Wildman–Crippen MR) is 74.1 cm³/mol. The van der Waals surface area contributed by atoms with Gasteiger partial charge in [0.15, 0.2) is 0 Å². The van der Waals surface area contributed by atoms with Crippen LogP contribution in [0.3, 0.4) is 0 Å². The van der Waals surface area contributed by atoms with Crippen LogP contribution in [-0.2, 0) is 6.18 Å². The SMILES string of the molecule is Cc1nc(-n2cnc(Br)c2)nc2cc(C(F)(F)F)ccc12. The monoisotopic (exact) mass is 356 g/mol. The van der Waals surface area contributed by atoms with Crippen molar-refractivity contribution >= 4 is 26.8 Å². The van der Waals surface area contributed by atoms with Crippen LogP contribution in [0, 0.1) is 6.92 Å². The van der Waals surface area contributed by atoms with Crippen LogP contribution in [-0.4, -0.2) is 19.5 Å². The topological polar surface area (TPSA) is 43.6 Å². The van der Waals surface area contributed by atoms with Gasteiger partial charge < -0.3 is 0 Å². The third-order valence-electron chi connectivity index (χ3n) is 2.99. The van der Waals surface area contributed by atoms with Crippen molar-refractivity contribution in [1.82, 2.24) is 19.5 Å². The van der Waals surface area contributed by atoms with Crippen LogP contribution >= 0.6 is 15.9 Å². The number of nitrogens with zero attached hydrogens (tertiary/aromatic N) is 4. The Bertz CT molecular complexity index is 826. The molecule has 3 aromatic rings. The summed E-state index contributed by atoms with van der Waals surface area (Å²) in [4.78, 5) is 12.5. The Hall–Kier alpha value is -1.96. The number of hydrogen-bond acceptors (Lipinski definition) is 3. The van der Waals surface area contributed by atoms with Gasteiger partial charge in [0.1, 0.15) is 10.9 Å². The van der Waals surface area contributed by atoms with Crippen molar-refractivity contribution in [1.29, 1.82) is 0 Å². The number of hydrogen-bond donors (Lipinski definition) is 0. The molecule has 0 N–H and O–H groups in total. The van der Waals surface area contributed by atoms with Gasteiger partial charge in [-0.05, 0) is 35.0 Å². The molecule has 2 heterocycles. The van der Waals surface area contributed by atoms with Crippen LogP contribution in [0.25, 0.3) is 16.9 Å². The number of aryl methyl sites for hydroxylation is 1. The molecule has 0 amide bonds. The van der Waals surface area contributed by atoms with E-state index in [1.807, 2.05) is 0 Å². The van der Waals surface area contributed by atoms with Gasteiger partial charge in [0.05, 0.1) is 16.8 Å². The van der Waals surface area contributed by atoms with E-state index in [-0.39, 0.29) is 11.5 Å². The molecule has 0 atom stereocenters. The Morgan fingerprint density at radius 2 is 1.95 bits per heavy atom. The molecule has 0 spiro atoms. The summed E-state index contributed by atoms with van der Waals surface area (Å²) in [7, 11) is 0. The minimum Gasteiger partial charge on any atom is -0.273 e. The fraction of sp³-hybridized carbons (Fsp3) is 0.154. The number of benzene rings is 1. The smallest absolute Gasteiger partial charge is 0.273 e. The maximum absolute atomic E-state index is 12.8. The van der Waals surface area contributed by atoms with E-state index in [0.717, 1.165) is 12.1 Å². The van der Waals surface area contributed by atoms with E-state index < -0.39 is 11.7 Å². The second-order valence-corrected chi connectivity index (χ2v) is 5.25. The van der Waals surface area contributed by atoms with E-state index >= 15 is 0 Å². The van der Waals surface area contributed by atoms with E-state index in [2.05, 4.69) is 30.9 Å². The van der Waals surface area contributed by atoms with Gasteiger partial charge >= 0.3 is 6.18 Å². The summed E-state index contributed by atoms with van der Waals surface area (Å²) < 4.78 is 40.5. The molecular weight excluding hydrogens is 349 g/mol. The first kappa shape index (κ1) is 14.0. The highest BCUT2D eigenvalue weighted by atomic mass is 79.9. The number of alkyl halides is 3. The van der Waals surface area contributed by atoms with E-state index in [4.69, 9.17) is 0 Å². The van der Waals surface area contributed by atoms with Crippen molar-refractivity contribution in [2.45, 2.75) is 13.1 Å². The average Bonchev–Trinajstić information content (AvgIpc) is 2.83. The lowest BCUT2D eigenvalue weighted by Crippen LogP contribution is -2.06. The summed E-state index contributed by atoms with van der Waals surface area (Å²) >= 11 is 3.20. The van der Waals surface area contributed by atoms with Gasteiger partial charge in [-0.1, -0.05) is 6.07 Å². The van der Waals surface area contributed by atoms with Crippen LogP contribution in [0.5, 0.6) is 0 Å². The number of halogens is 4. The number of rotatable bonds is 1. The van der Waals surface area contributed by atoms with Crippen molar-refractivity contribution < 1.29 is 13.2 Å². The van der Waals surface area contributed by atoms with Crippen molar-refractivity contribution in [3.63, 3.8) is 0 Å². The molecular formula is C13H8BrF3N4. The van der Waals surface area contributed by atoms with Gasteiger partial charge in [-0.25, -0.2) is 15.0 Å². The Labute approximate surface area is 125 Å². The summed E-state index contributed by atoms with van der Waals surface area (Å²) in [5, 5.41) is 0.589. The van der Waals surface area contributed by atoms with Gasteiger partial charge in [0, 0.05) is 11.6 Å². The van der Waals surface area contributed by atoms with Crippen molar-refractivity contribution in [3.8, 4) is 5.95 Å². The first-order chi connectivity index (χ1) is 9.84. The van der Waals surface area contributed by atoms with Gasteiger partial charge in [0.2, 0.25) is 5.95 Å². The number of aromatic nitrogens is 4. The van der Waals surface area contributed by atoms with E-state index in [1.54, 1.807) is 13.1 Å². The second kappa shape index (κ2) is 4.80. The van der Waals surface area contributed by atoms with Gasteiger partial charge in [-0.15, -0.1) is 0 Å². The van der Waals surface area contributed by atoms with Crippen LogP contribution in [0.4, 0.5) is 13.2 Å². The zero-order chi connectivity index (χ0) is 15.2. The molecule has 0 unspecified atom stereocenters. The summed E-state index contributed by atoms with van der Waals surface area (Å²) in [6.45, 7) is 1.73. The molecule has 0 aliphatic carbocycles. The normalized spacial score (nSPS) is 12.0. The molecule has 0 saturated heterocycles. The zero-order valence-corrected chi connectivity index (χ0v) is 12.3. The fourth-order valence-electron chi connectivity index (χ4n) is 1.97. The minimum atomic E-state index is -4.40. The highest BCUT2D eigenvalue weighted by Crippen LogP contribution is 2.31. The first-order valence-electron chi connectivity index (χ1n) is 5.90. The minimum absolute atomic E-state index is 0.247. The summed E-state index contributed by atoms with van der Waals surface area (Å²) in [5.41, 5.74) is 0.122. The lowest BCUT2D eigenvalue weighted by atomic mass is 10.1. The highest BCUT2D eigenvalue weighted by molar-refractivity contribution is 9.10. The van der Waals surface area contributed by atoms with Gasteiger partial charge in [0.25, 0.3) is 0 Å². The second-order valence-electron chi connectivity index (χ2n) is 4.44. The Morgan fingerprint density at radius 3 is 2.57 bits per heavy atom. The third kappa shape index (κ3) is 2.63. The van der Waals surface area contributed by atoms with E-state index in [0.29, 0.717) is 15.7 Å². The first-order valence-corrected chi connectivity index (χ1v) is 6.69. The average molecular weight is 357 g/mol. The summed E-state index contributed by atoms with van der Waals surface area (Å²) in [6, 6.07) is 3.45. The molecule has 0 fully saturated rings. The molecule has 8 heteroatoms. The fourth-order valence-corrected chi connectivity index (χ4v) is 2.29. The van der Waals surface area contributed by atoms with E-state index in [1.165, 1.54) is 17.0 Å². The van der Waals surface area contributed by atoms with Crippen LogP contribution in [0.1, 0.15) is 11.3 Å². The molecule has 108 valence electrons. The highest BCUT2D eigenvalue weighted by Gasteiger charge is 2.30. The van der Waals surface area contributed by atoms with Crippen LogP contribution in [0.15, 0.2) is 35.3 Å². The summed E-state index contributed by atoms with van der Waals surface area (Å²) in [5.74, 6) is 0.275. The molecule has 2 aromatic heterocycles. The lowest BCUT2D eigenvalue weighted by Gasteiger charge is -2.09. The van der Waals surface area contributed by atoms with E-state index in [9.17, 15) is 13.2 Å². The number of imidazole rings is 1. The van der Waals surface area contributed by atoms with Crippen molar-refractivity contribution in [2.24, 2.45) is 0 Å². The predicted octanol–water partition coefficient (Wildman–Crippen LogP) is 3.91. The quantitative estimate of drug-likeness (QED) is 0.663. The Kier molecular flexibility index (Phi) is 3.20. The third-order valence-corrected chi connectivity index (χ3v) is 3.39. The molecule has 3 rings (SSSR count). The maximum atomic E-state index is 12.8. The summed E-state index contributed by atoms with van der Waals surface area (Å²) in [6.07, 6.45) is -1.28. The standard InChI is InChI=1S/C13H8BrF3N4/c1-7-9-3-2-8(13(15,16)17)4-10(9)20-12(19-7)21-5-11(14)18-6-21/h2-6H,1H3. The van der Waals surface area contributed by atoms with Crippen LogP contribution < -0.4 is 0 Å². The van der Waals surface area contributed by atoms with Crippen molar-refractivity contribution in [3.05, 3.63) is 46.6 Å². The maximum Gasteiger partial charge on any atom is 0.416 e. The molecule has 4 nitrogen and oxygen atoms in total. The molecule has 1 aromatic carbocycles. The zero-order valence-electron chi connectivity index (χ0n) is 10.7. The van der Waals surface area contributed by atoms with Gasteiger partial charge in [-0.3, -0.25) is 4.57 Å². The molecule has 0 saturated carbocycles. The molecule has 0 bridgehead atoms. The van der Waals surface area contributed by atoms with Gasteiger partial charge in [-0.2, -0.15) is 13.2 Å². The molecule has 0 aliphatic rings. The Morgan fingerprint density at radius 1 is 1.19 bits per heavy atom. The largest absolute Gasteiger partial charge is 0.416 e. The molecule has 0 aliphatic heterocycles. The van der Waals surface area contributed by atoms with Crippen LogP contribution in [0.2, 0.25) is 0 Å². The molecule has 21 heavy (non-hydrogen) atoms. The number of fused-ring (bicyclic) bond motifs is 1. The molecule has 0 radical (unpaired) electrons. The lowest BCUT2D eigenvalue weighted by molar-refractivity contribution is -0.137. The Balaban J connectivity index is 2.21. The van der Waals surface area contributed by atoms with Crippen molar-refractivity contribution in [2.75, 3.05) is 0 Å².